The van der Waals surface area contributed by atoms with Crippen LogP contribution < -0.4 is 4.57 Å². The summed E-state index contributed by atoms with van der Waals surface area (Å²) in [7, 11) is 2.21. The monoisotopic (exact) mass is 579 g/mol. The molecule has 0 spiro atoms. The summed E-state index contributed by atoms with van der Waals surface area (Å²) >= 11 is 0. The summed E-state index contributed by atoms with van der Waals surface area (Å²) in [6, 6.07) is 24.2. The highest BCUT2D eigenvalue weighted by Crippen LogP contribution is 2.45. The van der Waals surface area contributed by atoms with E-state index in [0.717, 1.165) is 6.42 Å². The molecule has 0 fully saturated rings. The molecule has 3 aromatic heterocycles. The summed E-state index contributed by atoms with van der Waals surface area (Å²) in [6.45, 7) is 21.0. The Balaban J connectivity index is 1.71. The molecule has 0 aliphatic carbocycles. The molecular formula is C42H47N2+. The Hall–Kier alpha value is -3.91. The minimum Gasteiger partial charge on any atom is -0.307 e. The second-order valence-corrected chi connectivity index (χ2v) is 14.7. The van der Waals surface area contributed by atoms with Gasteiger partial charge >= 0.3 is 0 Å². The lowest BCUT2D eigenvalue weighted by molar-refractivity contribution is -0.643. The third-order valence-electron chi connectivity index (χ3n) is 9.96. The number of hydrogen-bond donors (Lipinski definition) is 0. The predicted molar refractivity (Wildman–Crippen MR) is 191 cm³/mol. The maximum absolute atomic E-state index is 2.61. The van der Waals surface area contributed by atoms with Crippen LogP contribution >= 0.6 is 0 Å². The van der Waals surface area contributed by atoms with E-state index in [1.165, 1.54) is 87.9 Å². The molecule has 2 heteroatoms. The molecule has 0 bridgehead atoms. The Labute approximate surface area is 262 Å². The van der Waals surface area contributed by atoms with Gasteiger partial charge in [0.25, 0.3) is 0 Å². The quantitative estimate of drug-likeness (QED) is 0.105. The molecule has 0 atom stereocenters. The lowest BCUT2D eigenvalue weighted by Crippen LogP contribution is -2.28. The fourth-order valence-corrected chi connectivity index (χ4v) is 7.79. The van der Waals surface area contributed by atoms with Crippen LogP contribution in [0, 0.1) is 12.8 Å². The van der Waals surface area contributed by atoms with Crippen molar-refractivity contribution in [2.75, 3.05) is 0 Å². The van der Waals surface area contributed by atoms with E-state index in [-0.39, 0.29) is 0 Å². The number of rotatable bonds is 6. The first kappa shape index (κ1) is 28.8. The SMILES string of the molecule is Cc1ccc2c3ccc(CC(C)C)cc3n3c4cc(-c5c(C(C)C)cc(C(C)C)cc5C(C)C)cc5cc[n+](C)c(c1c23)c54. The molecule has 3 heterocycles. The first-order valence-corrected chi connectivity index (χ1v) is 16.7. The number of hydrogen-bond acceptors (Lipinski definition) is 0. The van der Waals surface area contributed by atoms with E-state index >= 15 is 0 Å². The van der Waals surface area contributed by atoms with Crippen molar-refractivity contribution >= 4 is 49.0 Å². The molecule has 44 heavy (non-hydrogen) atoms. The van der Waals surface area contributed by atoms with Crippen LogP contribution in [-0.4, -0.2) is 4.40 Å². The molecule has 0 aliphatic heterocycles. The van der Waals surface area contributed by atoms with Crippen molar-refractivity contribution in [3.63, 3.8) is 0 Å². The van der Waals surface area contributed by atoms with Gasteiger partial charge in [-0.25, -0.2) is 4.57 Å². The second kappa shape index (κ2) is 10.3. The molecule has 2 nitrogen and oxygen atoms in total. The van der Waals surface area contributed by atoms with E-state index in [9.17, 15) is 0 Å². The van der Waals surface area contributed by atoms with Gasteiger partial charge in [-0.1, -0.05) is 91.8 Å². The lowest BCUT2D eigenvalue weighted by Gasteiger charge is -2.24. The van der Waals surface area contributed by atoms with Crippen LogP contribution in [-0.2, 0) is 13.5 Å². The maximum Gasteiger partial charge on any atom is 0.224 e. The largest absolute Gasteiger partial charge is 0.307 e. The summed E-state index contributed by atoms with van der Waals surface area (Å²) in [5.41, 5.74) is 15.2. The van der Waals surface area contributed by atoms with Gasteiger partial charge in [-0.2, -0.15) is 0 Å². The van der Waals surface area contributed by atoms with Crippen molar-refractivity contribution in [3.05, 3.63) is 94.7 Å². The van der Waals surface area contributed by atoms with Gasteiger partial charge in [0.1, 0.15) is 7.05 Å². The average molecular weight is 580 g/mol. The zero-order valence-corrected chi connectivity index (χ0v) is 28.3. The van der Waals surface area contributed by atoms with Crippen LogP contribution in [0.2, 0.25) is 0 Å². The number of pyridine rings is 2. The summed E-state index contributed by atoms with van der Waals surface area (Å²) < 4.78 is 4.96. The predicted octanol–water partition coefficient (Wildman–Crippen LogP) is 11.4. The zero-order valence-electron chi connectivity index (χ0n) is 28.3. The Kier molecular flexibility index (Phi) is 6.77. The molecule has 0 radical (unpaired) electrons. The summed E-state index contributed by atoms with van der Waals surface area (Å²) in [5.74, 6) is 1.97. The normalized spacial score (nSPS) is 12.8. The zero-order chi connectivity index (χ0) is 31.2. The van der Waals surface area contributed by atoms with Crippen LogP contribution in [0.25, 0.3) is 60.1 Å². The molecule has 0 amide bonds. The van der Waals surface area contributed by atoms with E-state index in [1.807, 2.05) is 0 Å². The standard InChI is InChI=1S/C42H47N2/c1-23(2)17-28-12-14-32-33-13-11-27(9)38-41(33)44(36(32)18-28)37-22-31(19-29-15-16-43(10)42(38)40(29)37)39-34(25(5)6)20-30(24(3)4)21-35(39)26(7)8/h11-16,18-26H,17H2,1-10H3/q+1. The van der Waals surface area contributed by atoms with Crippen molar-refractivity contribution in [3.8, 4) is 11.1 Å². The number of nitrogens with zero attached hydrogens (tertiary/aromatic N) is 2. The van der Waals surface area contributed by atoms with Crippen LogP contribution in [0.4, 0.5) is 0 Å². The Morgan fingerprint density at radius 1 is 0.682 bits per heavy atom. The smallest absolute Gasteiger partial charge is 0.224 e. The van der Waals surface area contributed by atoms with Crippen molar-refractivity contribution in [2.45, 2.75) is 86.5 Å². The third-order valence-corrected chi connectivity index (χ3v) is 9.96. The van der Waals surface area contributed by atoms with Crippen LogP contribution in [0.3, 0.4) is 0 Å². The molecule has 4 aromatic carbocycles. The van der Waals surface area contributed by atoms with Gasteiger partial charge in [-0.05, 0) is 99.5 Å². The molecule has 224 valence electrons. The average Bonchev–Trinajstić information content (AvgIpc) is 3.30. The molecule has 0 unspecified atom stereocenters. The van der Waals surface area contributed by atoms with Crippen LogP contribution in [0.15, 0.2) is 66.9 Å². The van der Waals surface area contributed by atoms with Crippen molar-refractivity contribution in [1.82, 2.24) is 4.40 Å². The third kappa shape index (κ3) is 4.25. The number of aromatic nitrogens is 2. The van der Waals surface area contributed by atoms with Crippen LogP contribution in [0.1, 0.15) is 101 Å². The Morgan fingerprint density at radius 2 is 1.36 bits per heavy atom. The minimum atomic E-state index is 0.429. The van der Waals surface area contributed by atoms with Gasteiger partial charge in [-0.3, -0.25) is 0 Å². The van der Waals surface area contributed by atoms with Gasteiger partial charge < -0.3 is 4.40 Å². The summed E-state index contributed by atoms with van der Waals surface area (Å²) in [6.07, 6.45) is 3.35. The van der Waals surface area contributed by atoms with E-state index in [0.29, 0.717) is 23.7 Å². The lowest BCUT2D eigenvalue weighted by atomic mass is 9.81. The molecular weight excluding hydrogens is 532 g/mol. The number of aryl methyl sites for hydroxylation is 2. The fraction of sp³-hybridized carbons (Fsp3) is 0.357. The number of benzene rings is 4. The van der Waals surface area contributed by atoms with Crippen molar-refractivity contribution < 1.29 is 4.57 Å². The van der Waals surface area contributed by atoms with Gasteiger partial charge in [-0.15, -0.1) is 0 Å². The van der Waals surface area contributed by atoms with Crippen molar-refractivity contribution in [2.24, 2.45) is 13.0 Å². The topological polar surface area (TPSA) is 8.29 Å². The van der Waals surface area contributed by atoms with E-state index in [2.05, 4.69) is 145 Å². The highest BCUT2D eigenvalue weighted by molar-refractivity contribution is 6.26. The molecule has 7 aromatic rings. The summed E-state index contributed by atoms with van der Waals surface area (Å²) in [5, 5.41) is 6.71. The van der Waals surface area contributed by atoms with E-state index < -0.39 is 0 Å². The summed E-state index contributed by atoms with van der Waals surface area (Å²) in [4.78, 5) is 0. The maximum atomic E-state index is 2.61. The first-order valence-electron chi connectivity index (χ1n) is 16.7. The molecule has 0 aliphatic rings. The molecule has 0 N–H and O–H groups in total. The van der Waals surface area contributed by atoms with Gasteiger partial charge in [0, 0.05) is 16.8 Å². The fourth-order valence-electron chi connectivity index (χ4n) is 7.79. The van der Waals surface area contributed by atoms with Crippen molar-refractivity contribution in [1.29, 1.82) is 0 Å². The molecule has 0 saturated heterocycles. The van der Waals surface area contributed by atoms with Gasteiger partial charge in [0.2, 0.25) is 5.52 Å². The molecule has 7 rings (SSSR count). The number of fused-ring (bicyclic) bond motifs is 5. The van der Waals surface area contributed by atoms with Gasteiger partial charge in [0.05, 0.1) is 27.3 Å². The Morgan fingerprint density at radius 3 is 2.00 bits per heavy atom. The first-order chi connectivity index (χ1) is 21.0. The van der Waals surface area contributed by atoms with E-state index in [4.69, 9.17) is 0 Å². The van der Waals surface area contributed by atoms with Gasteiger partial charge in [0.15, 0.2) is 6.20 Å². The second-order valence-electron chi connectivity index (χ2n) is 14.7. The highest BCUT2D eigenvalue weighted by Gasteiger charge is 2.26. The van der Waals surface area contributed by atoms with E-state index in [1.54, 1.807) is 0 Å². The van der Waals surface area contributed by atoms with Crippen LogP contribution in [0.5, 0.6) is 0 Å². The Bertz CT molecular complexity index is 2190. The minimum absolute atomic E-state index is 0.429. The molecule has 0 saturated carbocycles. The highest BCUT2D eigenvalue weighted by atomic mass is 15.0.